The van der Waals surface area contributed by atoms with Gasteiger partial charge in [0.1, 0.15) is 6.04 Å². The third-order valence-electron chi connectivity index (χ3n) is 6.20. The van der Waals surface area contributed by atoms with Crippen molar-refractivity contribution in [1.82, 2.24) is 10.6 Å². The maximum absolute atomic E-state index is 12.8. The number of halogens is 3. The van der Waals surface area contributed by atoms with E-state index in [-0.39, 0.29) is 12.1 Å². The van der Waals surface area contributed by atoms with E-state index < -0.39 is 35.6 Å². The maximum Gasteiger partial charge on any atom is 0.416 e. The standard InChI is InChI=1S/C31H25F3N2O4/c1-40-30(39)27(19-35-28(37)24-11-7-21(8-12-24)20-5-3-2-4-6-20)36-29(38)25-13-9-22(10-14-25)23-15-17-26(18-16-23)31(32,33)34/h2-18,27H,19H2,1H3,(H,35,37)(H,36,38)/t27-/m0/s1. The molecule has 0 spiro atoms. The molecule has 0 radical (unpaired) electrons. The van der Waals surface area contributed by atoms with Crippen LogP contribution in [0, 0.1) is 0 Å². The molecule has 0 heterocycles. The monoisotopic (exact) mass is 546 g/mol. The summed E-state index contributed by atoms with van der Waals surface area (Å²) in [5.41, 5.74) is 2.96. The van der Waals surface area contributed by atoms with Gasteiger partial charge >= 0.3 is 12.1 Å². The second kappa shape index (κ2) is 12.3. The summed E-state index contributed by atoms with van der Waals surface area (Å²) in [5.74, 6) is -1.76. The Balaban J connectivity index is 1.38. The van der Waals surface area contributed by atoms with Crippen LogP contribution in [0.2, 0.25) is 0 Å². The van der Waals surface area contributed by atoms with E-state index in [0.717, 1.165) is 23.3 Å². The third kappa shape index (κ3) is 6.93. The molecule has 4 rings (SSSR count). The Morgan fingerprint density at radius 2 is 1.12 bits per heavy atom. The highest BCUT2D eigenvalue weighted by atomic mass is 19.4. The maximum atomic E-state index is 12.8. The summed E-state index contributed by atoms with van der Waals surface area (Å²) in [7, 11) is 1.17. The van der Waals surface area contributed by atoms with Crippen LogP contribution in [0.15, 0.2) is 103 Å². The minimum absolute atomic E-state index is 0.207. The summed E-state index contributed by atoms with van der Waals surface area (Å²) in [6.45, 7) is -0.207. The SMILES string of the molecule is COC(=O)[C@H](CNC(=O)c1ccc(-c2ccccc2)cc1)NC(=O)c1ccc(-c2ccc(C(F)(F)F)cc2)cc1. The third-order valence-corrected chi connectivity index (χ3v) is 6.20. The van der Waals surface area contributed by atoms with Crippen molar-refractivity contribution >= 4 is 17.8 Å². The fourth-order valence-electron chi connectivity index (χ4n) is 3.98. The molecular formula is C31H25F3N2O4. The van der Waals surface area contributed by atoms with Crippen LogP contribution < -0.4 is 10.6 Å². The van der Waals surface area contributed by atoms with Crippen molar-refractivity contribution in [3.8, 4) is 22.3 Å². The molecule has 0 aliphatic carbocycles. The van der Waals surface area contributed by atoms with Crippen LogP contribution in [0.4, 0.5) is 13.2 Å². The molecule has 0 saturated carbocycles. The summed E-state index contributed by atoms with van der Waals surface area (Å²) in [6.07, 6.45) is -4.43. The second-order valence-electron chi connectivity index (χ2n) is 8.86. The lowest BCUT2D eigenvalue weighted by Gasteiger charge is -2.17. The van der Waals surface area contributed by atoms with E-state index in [4.69, 9.17) is 4.74 Å². The highest BCUT2D eigenvalue weighted by Gasteiger charge is 2.30. The second-order valence-corrected chi connectivity index (χ2v) is 8.86. The molecule has 0 aromatic heterocycles. The Bertz CT molecular complexity index is 1470. The number of amides is 2. The van der Waals surface area contributed by atoms with Gasteiger partial charge in [0, 0.05) is 17.7 Å². The van der Waals surface area contributed by atoms with Crippen LogP contribution in [0.1, 0.15) is 26.3 Å². The summed E-state index contributed by atoms with van der Waals surface area (Å²) in [6, 6.07) is 26.3. The highest BCUT2D eigenvalue weighted by Crippen LogP contribution is 2.31. The van der Waals surface area contributed by atoms with Crippen LogP contribution in [0.25, 0.3) is 22.3 Å². The number of methoxy groups -OCH3 is 1. The lowest BCUT2D eigenvalue weighted by Crippen LogP contribution is -2.49. The summed E-state index contributed by atoms with van der Waals surface area (Å²) in [5, 5.41) is 5.19. The fraction of sp³-hybridized carbons (Fsp3) is 0.129. The predicted octanol–water partition coefficient (Wildman–Crippen LogP) is 5.74. The first-order valence-electron chi connectivity index (χ1n) is 12.3. The van der Waals surface area contributed by atoms with E-state index >= 15 is 0 Å². The molecule has 0 aliphatic heterocycles. The van der Waals surface area contributed by atoms with E-state index in [0.29, 0.717) is 16.7 Å². The van der Waals surface area contributed by atoms with Gasteiger partial charge in [0.05, 0.1) is 12.7 Å². The van der Waals surface area contributed by atoms with Gasteiger partial charge in [0.15, 0.2) is 0 Å². The number of esters is 1. The molecule has 9 heteroatoms. The van der Waals surface area contributed by atoms with Crippen LogP contribution in [0.5, 0.6) is 0 Å². The molecular weight excluding hydrogens is 521 g/mol. The number of hydrogen-bond acceptors (Lipinski definition) is 4. The van der Waals surface area contributed by atoms with Crippen molar-refractivity contribution in [2.24, 2.45) is 0 Å². The number of benzene rings is 4. The van der Waals surface area contributed by atoms with Crippen molar-refractivity contribution in [3.05, 3.63) is 120 Å². The van der Waals surface area contributed by atoms with Crippen molar-refractivity contribution in [2.45, 2.75) is 12.2 Å². The lowest BCUT2D eigenvalue weighted by molar-refractivity contribution is -0.142. The van der Waals surface area contributed by atoms with Gasteiger partial charge in [-0.25, -0.2) is 4.79 Å². The first kappa shape index (κ1) is 28.1. The van der Waals surface area contributed by atoms with Crippen molar-refractivity contribution in [2.75, 3.05) is 13.7 Å². The van der Waals surface area contributed by atoms with Crippen LogP contribution >= 0.6 is 0 Å². The summed E-state index contributed by atoms with van der Waals surface area (Å²) >= 11 is 0. The summed E-state index contributed by atoms with van der Waals surface area (Å²) in [4.78, 5) is 37.8. The fourth-order valence-corrected chi connectivity index (χ4v) is 3.98. The minimum Gasteiger partial charge on any atom is -0.467 e. The zero-order chi connectivity index (χ0) is 28.7. The van der Waals surface area contributed by atoms with Gasteiger partial charge in [-0.1, -0.05) is 66.7 Å². The molecule has 2 amide bonds. The van der Waals surface area contributed by atoms with E-state index in [1.165, 1.54) is 31.4 Å². The first-order chi connectivity index (χ1) is 19.2. The van der Waals surface area contributed by atoms with Gasteiger partial charge in [0.2, 0.25) is 0 Å². The Hall–Kier alpha value is -4.92. The molecule has 0 bridgehead atoms. The van der Waals surface area contributed by atoms with Gasteiger partial charge in [0.25, 0.3) is 11.8 Å². The van der Waals surface area contributed by atoms with Gasteiger partial charge in [-0.05, 0) is 58.7 Å². The van der Waals surface area contributed by atoms with Crippen molar-refractivity contribution < 1.29 is 32.3 Å². The van der Waals surface area contributed by atoms with E-state index in [1.807, 2.05) is 42.5 Å². The largest absolute Gasteiger partial charge is 0.467 e. The van der Waals surface area contributed by atoms with Gasteiger partial charge in [-0.15, -0.1) is 0 Å². The smallest absolute Gasteiger partial charge is 0.416 e. The Labute approximate surface area is 228 Å². The average Bonchev–Trinajstić information content (AvgIpc) is 2.98. The van der Waals surface area contributed by atoms with Gasteiger partial charge < -0.3 is 15.4 Å². The Morgan fingerprint density at radius 3 is 1.60 bits per heavy atom. The van der Waals surface area contributed by atoms with E-state index in [9.17, 15) is 27.6 Å². The number of alkyl halides is 3. The van der Waals surface area contributed by atoms with Crippen LogP contribution in [-0.2, 0) is 15.7 Å². The molecule has 204 valence electrons. The van der Waals surface area contributed by atoms with E-state index in [2.05, 4.69) is 10.6 Å². The Morgan fingerprint density at radius 1 is 0.675 bits per heavy atom. The number of carbonyl (C=O) groups excluding carboxylic acids is 3. The van der Waals surface area contributed by atoms with Crippen molar-refractivity contribution in [1.29, 1.82) is 0 Å². The van der Waals surface area contributed by atoms with Crippen LogP contribution in [-0.4, -0.2) is 37.5 Å². The molecule has 6 nitrogen and oxygen atoms in total. The molecule has 0 unspecified atom stereocenters. The number of hydrogen-bond donors (Lipinski definition) is 2. The number of rotatable bonds is 8. The quantitative estimate of drug-likeness (QED) is 0.276. The molecule has 4 aromatic rings. The minimum atomic E-state index is -4.43. The summed E-state index contributed by atoms with van der Waals surface area (Å²) < 4.78 is 43.2. The molecule has 4 aromatic carbocycles. The van der Waals surface area contributed by atoms with Crippen LogP contribution in [0.3, 0.4) is 0 Å². The normalized spacial score (nSPS) is 11.8. The molecule has 2 N–H and O–H groups in total. The number of nitrogens with one attached hydrogen (secondary N) is 2. The molecule has 0 aliphatic rings. The average molecular weight is 547 g/mol. The zero-order valence-electron chi connectivity index (χ0n) is 21.4. The molecule has 40 heavy (non-hydrogen) atoms. The first-order valence-corrected chi connectivity index (χ1v) is 12.3. The number of carbonyl (C=O) groups is 3. The van der Waals surface area contributed by atoms with Crippen molar-refractivity contribution in [3.63, 3.8) is 0 Å². The van der Waals surface area contributed by atoms with E-state index in [1.54, 1.807) is 24.3 Å². The van der Waals surface area contributed by atoms with Gasteiger partial charge in [-0.2, -0.15) is 13.2 Å². The topological polar surface area (TPSA) is 84.5 Å². The molecule has 0 saturated heterocycles. The van der Waals surface area contributed by atoms with Gasteiger partial charge in [-0.3, -0.25) is 9.59 Å². The molecule has 0 fully saturated rings. The number of ether oxygens (including phenoxy) is 1. The predicted molar refractivity (Wildman–Crippen MR) is 144 cm³/mol. The lowest BCUT2D eigenvalue weighted by atomic mass is 10.0. The highest BCUT2D eigenvalue weighted by molar-refractivity contribution is 5.98. The molecule has 1 atom stereocenters. The Kier molecular flexibility index (Phi) is 8.63. The zero-order valence-corrected chi connectivity index (χ0v) is 21.4.